The molecule has 10 nitrogen and oxygen atoms in total. The second-order valence-electron chi connectivity index (χ2n) is 6.57. The van der Waals surface area contributed by atoms with Crippen molar-refractivity contribution in [1.82, 2.24) is 10.6 Å². The number of carbonyl (C=O) groups is 3. The highest BCUT2D eigenvalue weighted by molar-refractivity contribution is 5.84. The monoisotopic (exact) mass is 405 g/mol. The molecule has 0 aliphatic carbocycles. The summed E-state index contributed by atoms with van der Waals surface area (Å²) in [7, 11) is 0. The molecule has 0 radical (unpaired) electrons. The summed E-state index contributed by atoms with van der Waals surface area (Å²) in [6.45, 7) is 1.91. The van der Waals surface area contributed by atoms with Crippen molar-refractivity contribution >= 4 is 28.9 Å². The Bertz CT molecular complexity index is 984. The molecular weight excluding hydrogens is 382 g/mol. The normalized spacial score (nSPS) is 11.8. The van der Waals surface area contributed by atoms with E-state index in [0.717, 1.165) is 0 Å². The first kappa shape index (κ1) is 21.7. The van der Waals surface area contributed by atoms with Gasteiger partial charge in [0.15, 0.2) is 0 Å². The number of nitrogens with one attached hydrogen (secondary N) is 2. The number of rotatable bonds is 9. The summed E-state index contributed by atoms with van der Waals surface area (Å²) < 4.78 is 5.20. The molecule has 0 saturated carbocycles. The maximum atomic E-state index is 12.2. The molecule has 1 atom stereocenters. The van der Waals surface area contributed by atoms with Crippen molar-refractivity contribution in [3.05, 3.63) is 39.7 Å². The Hall–Kier alpha value is -3.56. The fraction of sp³-hybridized carbons (Fsp3) is 0.368. The number of aromatic hydroxyl groups is 1. The van der Waals surface area contributed by atoms with Crippen molar-refractivity contribution in [2.45, 2.75) is 38.6 Å². The number of phenolic OH excluding ortho intramolecular Hbond substituents is 1. The smallest absolute Gasteiger partial charge is 0.339 e. The number of nitrogens with two attached hydrogens (primary N) is 1. The van der Waals surface area contributed by atoms with Crippen LogP contribution in [0.4, 0.5) is 4.79 Å². The fourth-order valence-electron chi connectivity index (χ4n) is 2.95. The third-order valence-corrected chi connectivity index (χ3v) is 4.48. The highest BCUT2D eigenvalue weighted by atomic mass is 16.4. The summed E-state index contributed by atoms with van der Waals surface area (Å²) in [6, 6.07) is 2.60. The van der Waals surface area contributed by atoms with Crippen LogP contribution in [0.2, 0.25) is 0 Å². The molecule has 0 bridgehead atoms. The van der Waals surface area contributed by atoms with E-state index in [1.165, 1.54) is 12.1 Å². The third-order valence-electron chi connectivity index (χ3n) is 4.48. The predicted molar refractivity (Wildman–Crippen MR) is 104 cm³/mol. The number of amides is 3. The first-order chi connectivity index (χ1) is 13.7. The highest BCUT2D eigenvalue weighted by Gasteiger charge is 2.20. The fourth-order valence-corrected chi connectivity index (χ4v) is 2.95. The number of aryl methyl sites for hydroxylation is 1. The molecule has 0 aliphatic heterocycles. The van der Waals surface area contributed by atoms with Gasteiger partial charge in [0.2, 0.25) is 5.91 Å². The minimum Gasteiger partial charge on any atom is -0.508 e. The van der Waals surface area contributed by atoms with E-state index in [2.05, 4.69) is 10.6 Å². The Balaban J connectivity index is 2.00. The molecule has 2 aromatic rings. The average Bonchev–Trinajstić information content (AvgIpc) is 2.63. The van der Waals surface area contributed by atoms with E-state index in [-0.39, 0.29) is 37.1 Å². The summed E-state index contributed by atoms with van der Waals surface area (Å²) in [5, 5.41) is 24.1. The minimum absolute atomic E-state index is 0.0297. The van der Waals surface area contributed by atoms with Gasteiger partial charge < -0.3 is 31.0 Å². The van der Waals surface area contributed by atoms with Gasteiger partial charge >= 0.3 is 17.6 Å². The molecule has 6 N–H and O–H groups in total. The van der Waals surface area contributed by atoms with Crippen molar-refractivity contribution in [2.75, 3.05) is 6.54 Å². The number of hydrogen-bond acceptors (Lipinski definition) is 6. The molecular formula is C19H23N3O7. The van der Waals surface area contributed by atoms with Crippen LogP contribution < -0.4 is 22.0 Å². The Morgan fingerprint density at radius 3 is 2.66 bits per heavy atom. The van der Waals surface area contributed by atoms with Crippen molar-refractivity contribution < 1.29 is 29.0 Å². The van der Waals surface area contributed by atoms with Crippen molar-refractivity contribution in [3.8, 4) is 5.75 Å². The van der Waals surface area contributed by atoms with E-state index in [1.54, 1.807) is 13.0 Å². The summed E-state index contributed by atoms with van der Waals surface area (Å²) >= 11 is 0. The number of benzene rings is 1. The van der Waals surface area contributed by atoms with Gasteiger partial charge in [-0.3, -0.25) is 4.79 Å². The lowest BCUT2D eigenvalue weighted by Gasteiger charge is -2.15. The lowest BCUT2D eigenvalue weighted by molar-refractivity contribution is -0.142. The third kappa shape index (κ3) is 5.96. The van der Waals surface area contributed by atoms with Gasteiger partial charge in [0, 0.05) is 30.0 Å². The zero-order chi connectivity index (χ0) is 21.6. The lowest BCUT2D eigenvalue weighted by Crippen LogP contribution is -2.41. The van der Waals surface area contributed by atoms with Gasteiger partial charge in [-0.2, -0.15) is 0 Å². The van der Waals surface area contributed by atoms with E-state index in [9.17, 15) is 29.4 Å². The van der Waals surface area contributed by atoms with Crippen LogP contribution in [0.3, 0.4) is 0 Å². The molecule has 0 saturated heterocycles. The molecule has 10 heteroatoms. The molecule has 0 fully saturated rings. The molecule has 29 heavy (non-hydrogen) atoms. The zero-order valence-electron chi connectivity index (χ0n) is 15.9. The topological polar surface area (TPSA) is 172 Å². The molecule has 3 amide bonds. The van der Waals surface area contributed by atoms with Gasteiger partial charge in [0.1, 0.15) is 17.4 Å². The largest absolute Gasteiger partial charge is 0.508 e. The Labute approximate surface area is 165 Å². The predicted octanol–water partition coefficient (Wildman–Crippen LogP) is 0.758. The SMILES string of the molecule is Cc1c(CCC(=O)NC(CCCNC(N)=O)C(=O)O)c(=O)oc2cc(O)ccc12. The van der Waals surface area contributed by atoms with Crippen LogP contribution in [0.5, 0.6) is 5.75 Å². The summed E-state index contributed by atoms with van der Waals surface area (Å²) in [5.74, 6) is -1.75. The molecule has 1 heterocycles. The molecule has 1 unspecified atom stereocenters. The van der Waals surface area contributed by atoms with E-state index in [0.29, 0.717) is 22.9 Å². The number of carboxylic acids is 1. The Morgan fingerprint density at radius 2 is 2.00 bits per heavy atom. The van der Waals surface area contributed by atoms with Crippen molar-refractivity contribution in [1.29, 1.82) is 0 Å². The van der Waals surface area contributed by atoms with Crippen LogP contribution in [0.1, 0.15) is 30.4 Å². The molecule has 156 valence electrons. The quantitative estimate of drug-likeness (QED) is 0.302. The second kappa shape index (κ2) is 9.58. The van der Waals surface area contributed by atoms with Crippen LogP contribution in [-0.2, 0) is 16.0 Å². The number of hydrogen-bond donors (Lipinski definition) is 5. The highest BCUT2D eigenvalue weighted by Crippen LogP contribution is 2.23. The number of aliphatic carboxylic acids is 1. The summed E-state index contributed by atoms with van der Waals surface area (Å²) in [5.41, 5.74) is 5.52. The number of phenols is 1. The Morgan fingerprint density at radius 1 is 1.28 bits per heavy atom. The minimum atomic E-state index is -1.20. The van der Waals surface area contributed by atoms with E-state index in [4.69, 9.17) is 10.2 Å². The second-order valence-corrected chi connectivity index (χ2v) is 6.57. The molecule has 0 spiro atoms. The number of carbonyl (C=O) groups excluding carboxylic acids is 2. The summed E-state index contributed by atoms with van der Waals surface area (Å²) in [4.78, 5) is 46.3. The van der Waals surface area contributed by atoms with Crippen LogP contribution in [0.25, 0.3) is 11.0 Å². The summed E-state index contributed by atoms with van der Waals surface area (Å²) in [6.07, 6.45) is 0.410. The van der Waals surface area contributed by atoms with Gasteiger partial charge in [-0.25, -0.2) is 14.4 Å². The lowest BCUT2D eigenvalue weighted by atomic mass is 10.0. The first-order valence-electron chi connectivity index (χ1n) is 8.99. The standard InChI is InChI=1S/C19H23N3O7/c1-10-12-5-4-11(23)9-15(12)29-18(27)13(10)6-7-16(24)22-14(17(25)26)3-2-8-21-19(20)28/h4-5,9,14,23H,2-3,6-8H2,1H3,(H,22,24)(H,25,26)(H3,20,21,28). The van der Waals surface area contributed by atoms with E-state index in [1.807, 2.05) is 0 Å². The van der Waals surface area contributed by atoms with Crippen LogP contribution in [0, 0.1) is 6.92 Å². The van der Waals surface area contributed by atoms with Gasteiger partial charge in [-0.05, 0) is 43.9 Å². The maximum Gasteiger partial charge on any atom is 0.339 e. The number of fused-ring (bicyclic) bond motifs is 1. The first-order valence-corrected chi connectivity index (χ1v) is 8.99. The molecule has 0 aliphatic rings. The van der Waals surface area contributed by atoms with E-state index < -0.39 is 29.6 Å². The number of carboxylic acid groups (broad SMARTS) is 1. The average molecular weight is 405 g/mol. The van der Waals surface area contributed by atoms with Gasteiger partial charge in [0.25, 0.3) is 0 Å². The maximum absolute atomic E-state index is 12.2. The van der Waals surface area contributed by atoms with Crippen LogP contribution in [-0.4, -0.2) is 40.7 Å². The van der Waals surface area contributed by atoms with Crippen LogP contribution in [0.15, 0.2) is 27.4 Å². The van der Waals surface area contributed by atoms with Gasteiger partial charge in [-0.1, -0.05) is 0 Å². The van der Waals surface area contributed by atoms with Crippen LogP contribution >= 0.6 is 0 Å². The van der Waals surface area contributed by atoms with Crippen molar-refractivity contribution in [3.63, 3.8) is 0 Å². The van der Waals surface area contributed by atoms with Gasteiger partial charge in [-0.15, -0.1) is 0 Å². The molecule has 2 rings (SSSR count). The van der Waals surface area contributed by atoms with Gasteiger partial charge in [0.05, 0.1) is 0 Å². The zero-order valence-corrected chi connectivity index (χ0v) is 15.9. The molecule has 1 aromatic heterocycles. The number of urea groups is 1. The molecule has 1 aromatic carbocycles. The Kier molecular flexibility index (Phi) is 7.18. The number of primary amides is 1. The van der Waals surface area contributed by atoms with E-state index >= 15 is 0 Å². The van der Waals surface area contributed by atoms with Crippen molar-refractivity contribution in [2.24, 2.45) is 5.73 Å².